The Balaban J connectivity index is 1.38. The number of thiazole rings is 1. The van der Waals surface area contributed by atoms with E-state index in [1.165, 1.54) is 29.2 Å². The van der Waals surface area contributed by atoms with Gasteiger partial charge in [0.2, 0.25) is 5.91 Å². The van der Waals surface area contributed by atoms with Crippen molar-refractivity contribution >= 4 is 45.5 Å². The van der Waals surface area contributed by atoms with E-state index < -0.39 is 0 Å². The summed E-state index contributed by atoms with van der Waals surface area (Å²) in [6, 6.07) is 20.5. The minimum atomic E-state index is -0.207. The average molecular weight is 409 g/mol. The predicted molar refractivity (Wildman–Crippen MR) is 114 cm³/mol. The highest BCUT2D eigenvalue weighted by Crippen LogP contribution is 2.28. The second-order valence-electron chi connectivity index (χ2n) is 6.24. The number of halogens is 1. The number of fused-ring (bicyclic) bond motifs is 1. The van der Waals surface area contributed by atoms with Crippen LogP contribution in [0.5, 0.6) is 0 Å². The first-order valence-corrected chi connectivity index (χ1v) is 10.6. The van der Waals surface area contributed by atoms with Gasteiger partial charge in [0.05, 0.1) is 12.1 Å². The number of carbonyl (C=O) groups excluding carboxylic acids is 1. The van der Waals surface area contributed by atoms with E-state index in [1.54, 1.807) is 12.1 Å². The van der Waals surface area contributed by atoms with Crippen LogP contribution in [0.2, 0.25) is 0 Å². The van der Waals surface area contributed by atoms with Crippen LogP contribution < -0.4 is 5.32 Å². The quantitative estimate of drug-likeness (QED) is 0.403. The summed E-state index contributed by atoms with van der Waals surface area (Å²) in [5.74, 6) is 0.204. The number of anilines is 1. The minimum Gasteiger partial charge on any atom is -0.325 e. The molecule has 3 nitrogen and oxygen atoms in total. The number of hydrogen-bond donors (Lipinski definition) is 1. The topological polar surface area (TPSA) is 42.0 Å². The molecule has 1 N–H and O–H groups in total. The Morgan fingerprint density at radius 3 is 2.71 bits per heavy atom. The highest BCUT2D eigenvalue weighted by atomic mass is 32.2. The molecule has 0 atom stereocenters. The van der Waals surface area contributed by atoms with E-state index in [0.717, 1.165) is 26.5 Å². The third-order valence-corrected chi connectivity index (χ3v) is 6.36. The third-order valence-electron chi connectivity index (χ3n) is 4.25. The Morgan fingerprint density at radius 2 is 1.82 bits per heavy atom. The maximum Gasteiger partial charge on any atom is 0.230 e. The number of nitrogens with one attached hydrogen (secondary N) is 1. The Kier molecular flexibility index (Phi) is 5.69. The van der Waals surface area contributed by atoms with Gasteiger partial charge in [-0.15, -0.1) is 11.3 Å². The predicted octanol–water partition coefficient (Wildman–Crippen LogP) is 5.91. The minimum absolute atomic E-state index is 0.104. The van der Waals surface area contributed by atoms with E-state index in [2.05, 4.69) is 10.3 Å². The van der Waals surface area contributed by atoms with Crippen LogP contribution in [-0.2, 0) is 17.0 Å². The van der Waals surface area contributed by atoms with E-state index in [4.69, 9.17) is 0 Å². The van der Waals surface area contributed by atoms with Crippen molar-refractivity contribution in [2.24, 2.45) is 0 Å². The van der Waals surface area contributed by atoms with Gasteiger partial charge in [-0.2, -0.15) is 0 Å². The molecule has 28 heavy (non-hydrogen) atoms. The molecular weight excluding hydrogens is 391 g/mol. The van der Waals surface area contributed by atoms with E-state index >= 15 is 0 Å². The lowest BCUT2D eigenvalue weighted by Gasteiger charge is -2.08. The monoisotopic (exact) mass is 408 g/mol. The fraction of sp³-hybridized carbons (Fsp3) is 0.0909. The summed E-state index contributed by atoms with van der Waals surface area (Å²) in [6.07, 6.45) is 0.208. The lowest BCUT2D eigenvalue weighted by molar-refractivity contribution is -0.115. The van der Waals surface area contributed by atoms with Crippen LogP contribution in [0.1, 0.15) is 11.3 Å². The van der Waals surface area contributed by atoms with Crippen molar-refractivity contribution in [1.82, 2.24) is 4.98 Å². The number of nitrogens with zero attached hydrogens (tertiary/aromatic N) is 1. The summed E-state index contributed by atoms with van der Waals surface area (Å²) < 4.78 is 14.5. The van der Waals surface area contributed by atoms with Crippen molar-refractivity contribution < 1.29 is 9.18 Å². The van der Waals surface area contributed by atoms with Crippen LogP contribution in [0.4, 0.5) is 10.1 Å². The van der Waals surface area contributed by atoms with Gasteiger partial charge < -0.3 is 5.32 Å². The van der Waals surface area contributed by atoms with Gasteiger partial charge in [0.15, 0.2) is 0 Å². The van der Waals surface area contributed by atoms with Gasteiger partial charge in [0, 0.05) is 22.2 Å². The van der Waals surface area contributed by atoms with Gasteiger partial charge in [-0.05, 0) is 23.1 Å². The molecule has 4 aromatic rings. The Hall–Kier alpha value is -2.70. The van der Waals surface area contributed by atoms with Gasteiger partial charge in [0.25, 0.3) is 0 Å². The van der Waals surface area contributed by atoms with Crippen LogP contribution in [-0.4, -0.2) is 10.9 Å². The van der Waals surface area contributed by atoms with Crippen molar-refractivity contribution in [1.29, 1.82) is 0 Å². The molecule has 140 valence electrons. The molecule has 0 bridgehead atoms. The molecule has 0 aliphatic rings. The molecule has 0 aliphatic carbocycles. The molecule has 1 aromatic heterocycles. The normalized spacial score (nSPS) is 10.9. The van der Waals surface area contributed by atoms with E-state index in [9.17, 15) is 9.18 Å². The van der Waals surface area contributed by atoms with Crippen LogP contribution in [0.3, 0.4) is 0 Å². The number of aromatic nitrogens is 1. The van der Waals surface area contributed by atoms with E-state index in [1.807, 2.05) is 53.9 Å². The summed E-state index contributed by atoms with van der Waals surface area (Å²) in [5, 5.41) is 6.95. The molecule has 4 rings (SSSR count). The summed E-state index contributed by atoms with van der Waals surface area (Å²) in [7, 11) is 0. The van der Waals surface area contributed by atoms with Crippen LogP contribution in [0.25, 0.3) is 10.8 Å². The van der Waals surface area contributed by atoms with E-state index in [0.29, 0.717) is 11.3 Å². The highest BCUT2D eigenvalue weighted by Gasteiger charge is 2.11. The molecule has 1 amide bonds. The highest BCUT2D eigenvalue weighted by molar-refractivity contribution is 8.00. The second kappa shape index (κ2) is 8.54. The Bertz CT molecular complexity index is 1120. The lowest BCUT2D eigenvalue weighted by atomic mass is 10.1. The first-order chi connectivity index (χ1) is 13.7. The fourth-order valence-electron chi connectivity index (χ4n) is 2.88. The molecule has 0 saturated carbocycles. The van der Waals surface area contributed by atoms with Crippen molar-refractivity contribution in [3.8, 4) is 0 Å². The molecule has 1 heterocycles. The van der Waals surface area contributed by atoms with Gasteiger partial charge in [-0.1, -0.05) is 66.4 Å². The van der Waals surface area contributed by atoms with Crippen molar-refractivity contribution in [2.45, 2.75) is 16.5 Å². The maximum absolute atomic E-state index is 13.7. The molecule has 0 spiro atoms. The number of amides is 1. The fourth-order valence-corrected chi connectivity index (χ4v) is 4.72. The second-order valence-corrected chi connectivity index (χ2v) is 8.32. The zero-order valence-corrected chi connectivity index (χ0v) is 16.5. The summed E-state index contributed by atoms with van der Waals surface area (Å²) in [6.45, 7) is 0. The average Bonchev–Trinajstić information content (AvgIpc) is 3.15. The number of carbonyl (C=O) groups is 1. The van der Waals surface area contributed by atoms with Crippen molar-refractivity contribution in [3.05, 3.63) is 89.2 Å². The van der Waals surface area contributed by atoms with Crippen LogP contribution in [0, 0.1) is 5.82 Å². The molecule has 0 radical (unpaired) electrons. The number of hydrogen-bond acceptors (Lipinski definition) is 4. The molecular formula is C22H17FN2OS2. The van der Waals surface area contributed by atoms with Gasteiger partial charge in [0.1, 0.15) is 10.2 Å². The molecule has 0 saturated heterocycles. The van der Waals surface area contributed by atoms with Crippen LogP contribution in [0.15, 0.2) is 76.4 Å². The van der Waals surface area contributed by atoms with Gasteiger partial charge in [-0.25, -0.2) is 9.37 Å². The lowest BCUT2D eigenvalue weighted by Crippen LogP contribution is -2.14. The first-order valence-electron chi connectivity index (χ1n) is 8.77. The SMILES string of the molecule is O=C(Cc1csc(SCc2ccccc2F)n1)Nc1cccc2ccccc12. The summed E-state index contributed by atoms with van der Waals surface area (Å²) >= 11 is 2.95. The Labute approximate surface area is 170 Å². The van der Waals surface area contributed by atoms with Gasteiger partial charge in [-0.3, -0.25) is 4.79 Å². The van der Waals surface area contributed by atoms with Crippen molar-refractivity contribution in [2.75, 3.05) is 5.32 Å². The molecule has 0 aliphatic heterocycles. The zero-order chi connectivity index (χ0) is 19.3. The number of rotatable bonds is 6. The number of benzene rings is 3. The van der Waals surface area contributed by atoms with E-state index in [-0.39, 0.29) is 18.1 Å². The first kappa shape index (κ1) is 18.7. The molecule has 3 aromatic carbocycles. The number of thioether (sulfide) groups is 1. The summed E-state index contributed by atoms with van der Waals surface area (Å²) in [5.41, 5.74) is 2.17. The standard InChI is InChI=1S/C22H17FN2OS2/c23-19-10-4-2-7-16(19)13-27-22-24-17(14-28-22)12-21(26)25-20-11-5-8-15-6-1-3-9-18(15)20/h1-11,14H,12-13H2,(H,25,26). The zero-order valence-electron chi connectivity index (χ0n) is 14.9. The third kappa shape index (κ3) is 4.40. The molecule has 0 unspecified atom stereocenters. The molecule has 6 heteroatoms. The Morgan fingerprint density at radius 1 is 1.04 bits per heavy atom. The smallest absolute Gasteiger partial charge is 0.230 e. The summed E-state index contributed by atoms with van der Waals surface area (Å²) in [4.78, 5) is 17.0. The van der Waals surface area contributed by atoms with Gasteiger partial charge >= 0.3 is 0 Å². The van der Waals surface area contributed by atoms with Crippen LogP contribution >= 0.6 is 23.1 Å². The maximum atomic E-state index is 13.7. The largest absolute Gasteiger partial charge is 0.325 e. The van der Waals surface area contributed by atoms with Crippen molar-refractivity contribution in [3.63, 3.8) is 0 Å². The molecule has 0 fully saturated rings.